The minimum atomic E-state index is -4.57. The number of allylic oxidation sites excluding steroid dienone is 2. The molecule has 0 fully saturated rings. The van der Waals surface area contributed by atoms with Gasteiger partial charge in [-0.3, -0.25) is 0 Å². The van der Waals surface area contributed by atoms with Gasteiger partial charge in [-0.1, -0.05) is 18.2 Å². The summed E-state index contributed by atoms with van der Waals surface area (Å²) in [4.78, 5) is 14.1. The number of rotatable bonds is 1. The summed E-state index contributed by atoms with van der Waals surface area (Å²) >= 11 is 0. The summed E-state index contributed by atoms with van der Waals surface area (Å²) in [5.74, 6) is -1.78. The summed E-state index contributed by atoms with van der Waals surface area (Å²) in [5, 5.41) is 29.9. The second-order valence-electron chi connectivity index (χ2n) is 9.18. The van der Waals surface area contributed by atoms with E-state index >= 15 is 0 Å². The van der Waals surface area contributed by atoms with Gasteiger partial charge in [0.25, 0.3) is 0 Å². The van der Waals surface area contributed by atoms with Crippen LogP contribution in [-0.2, 0) is 10.9 Å². The van der Waals surface area contributed by atoms with E-state index in [0.29, 0.717) is 5.57 Å². The van der Waals surface area contributed by atoms with Crippen LogP contribution < -0.4 is 5.73 Å². The molecule has 1 amide bonds. The molecule has 0 aromatic heterocycles. The number of ether oxygens (including phenoxy) is 1. The molecule has 0 saturated heterocycles. The number of halogens is 3. The minimum absolute atomic E-state index is 0.0179. The van der Waals surface area contributed by atoms with E-state index in [1.54, 1.807) is 26.8 Å². The second kappa shape index (κ2) is 8.43. The van der Waals surface area contributed by atoms with Gasteiger partial charge in [0.05, 0.1) is 29.0 Å². The van der Waals surface area contributed by atoms with Crippen molar-refractivity contribution >= 4 is 6.09 Å². The van der Waals surface area contributed by atoms with Crippen molar-refractivity contribution in [2.75, 3.05) is 13.1 Å². The molecule has 2 N–H and O–H groups in total. The molecule has 1 aromatic carbocycles. The molecule has 2 aliphatic rings. The van der Waals surface area contributed by atoms with Gasteiger partial charge in [-0.25, -0.2) is 4.79 Å². The summed E-state index contributed by atoms with van der Waals surface area (Å²) in [6.07, 6.45) is -3.59. The molecule has 0 bridgehead atoms. The molecule has 0 unspecified atom stereocenters. The standard InChI is InChI=1S/C24H22F3N5O2/c1-22(2,3)34-21(33)32-9-8-16-17(10-28)20(31)23(12-29,13-30)19(18(16)11-32)14-4-6-15(7-5-14)24(25,26)27/h4-8,18-19H,9,11,31H2,1-3H3/t18-,19-/m1/s1. The molecule has 0 spiro atoms. The van der Waals surface area contributed by atoms with E-state index in [1.807, 2.05) is 18.2 Å². The Labute approximate surface area is 195 Å². The number of benzene rings is 1. The number of carbonyl (C=O) groups is 1. The Morgan fingerprint density at radius 3 is 2.21 bits per heavy atom. The van der Waals surface area contributed by atoms with Crippen LogP contribution in [0.3, 0.4) is 0 Å². The molecule has 1 aliphatic heterocycles. The van der Waals surface area contributed by atoms with Crippen molar-refractivity contribution in [1.82, 2.24) is 4.90 Å². The van der Waals surface area contributed by atoms with E-state index in [-0.39, 0.29) is 29.9 Å². The number of hydrogen-bond acceptors (Lipinski definition) is 6. The van der Waals surface area contributed by atoms with Crippen molar-refractivity contribution in [1.29, 1.82) is 15.8 Å². The summed E-state index contributed by atoms with van der Waals surface area (Å²) in [6, 6.07) is 9.92. The summed E-state index contributed by atoms with van der Waals surface area (Å²) in [7, 11) is 0. The molecule has 7 nitrogen and oxygen atoms in total. The molecule has 1 aliphatic carbocycles. The van der Waals surface area contributed by atoms with E-state index in [1.165, 1.54) is 17.0 Å². The molecular weight excluding hydrogens is 447 g/mol. The topological polar surface area (TPSA) is 127 Å². The molecule has 0 saturated carbocycles. The Hall–Kier alpha value is -3.97. The van der Waals surface area contributed by atoms with E-state index < -0.39 is 40.7 Å². The highest BCUT2D eigenvalue weighted by atomic mass is 19.4. The molecule has 0 radical (unpaired) electrons. The SMILES string of the molecule is CC(C)(C)OC(=O)N1CC=C2C(C#N)=C(N)C(C#N)(C#N)[C@H](c3ccc(C(F)(F)F)cc3)[C@@H]2C1. The molecule has 10 heteroatoms. The highest BCUT2D eigenvalue weighted by Gasteiger charge is 2.55. The maximum Gasteiger partial charge on any atom is 0.416 e. The van der Waals surface area contributed by atoms with Crippen molar-refractivity contribution in [3.63, 3.8) is 0 Å². The van der Waals surface area contributed by atoms with Gasteiger partial charge < -0.3 is 15.4 Å². The molecular formula is C24H22F3N5O2. The van der Waals surface area contributed by atoms with Crippen molar-refractivity contribution in [3.8, 4) is 18.2 Å². The molecule has 1 heterocycles. The number of alkyl halides is 3. The van der Waals surface area contributed by atoms with Crippen LogP contribution in [0.2, 0.25) is 0 Å². The van der Waals surface area contributed by atoms with Crippen LogP contribution in [0.4, 0.5) is 18.0 Å². The predicted molar refractivity (Wildman–Crippen MR) is 114 cm³/mol. The highest BCUT2D eigenvalue weighted by molar-refractivity contribution is 5.70. The van der Waals surface area contributed by atoms with Crippen molar-refractivity contribution < 1.29 is 22.7 Å². The van der Waals surface area contributed by atoms with E-state index in [9.17, 15) is 33.8 Å². The number of nitrogens with zero attached hydrogens (tertiary/aromatic N) is 4. The Kier molecular flexibility index (Phi) is 6.11. The van der Waals surface area contributed by atoms with Gasteiger partial charge in [-0.15, -0.1) is 0 Å². The first-order valence-electron chi connectivity index (χ1n) is 10.4. The van der Waals surface area contributed by atoms with Gasteiger partial charge in [0.2, 0.25) is 0 Å². The third-order valence-corrected chi connectivity index (χ3v) is 5.91. The molecule has 3 rings (SSSR count). The van der Waals surface area contributed by atoms with Crippen LogP contribution in [0.15, 0.2) is 47.2 Å². The van der Waals surface area contributed by atoms with Gasteiger partial charge in [-0.2, -0.15) is 29.0 Å². The Morgan fingerprint density at radius 2 is 1.74 bits per heavy atom. The number of carbonyl (C=O) groups excluding carboxylic acids is 1. The first-order valence-corrected chi connectivity index (χ1v) is 10.4. The first-order chi connectivity index (χ1) is 15.8. The largest absolute Gasteiger partial charge is 0.444 e. The number of hydrogen-bond donors (Lipinski definition) is 1. The lowest BCUT2D eigenvalue weighted by molar-refractivity contribution is -0.137. The maximum absolute atomic E-state index is 13.1. The van der Waals surface area contributed by atoms with Crippen LogP contribution in [-0.4, -0.2) is 29.7 Å². The lowest BCUT2D eigenvalue weighted by Gasteiger charge is -2.45. The normalized spacial score (nSPS) is 22.0. The fraction of sp³-hybridized carbons (Fsp3) is 0.417. The maximum atomic E-state index is 13.1. The smallest absolute Gasteiger partial charge is 0.416 e. The number of amides is 1. The average molecular weight is 469 g/mol. The van der Waals surface area contributed by atoms with Crippen LogP contribution in [0.1, 0.15) is 37.8 Å². The van der Waals surface area contributed by atoms with Crippen LogP contribution >= 0.6 is 0 Å². The number of nitriles is 3. The Morgan fingerprint density at radius 1 is 1.15 bits per heavy atom. The summed E-state index contributed by atoms with van der Waals surface area (Å²) in [6.45, 7) is 5.20. The monoisotopic (exact) mass is 469 g/mol. The van der Waals surface area contributed by atoms with Gasteiger partial charge in [-0.05, 0) is 44.0 Å². The van der Waals surface area contributed by atoms with E-state index in [0.717, 1.165) is 12.1 Å². The zero-order valence-electron chi connectivity index (χ0n) is 18.8. The van der Waals surface area contributed by atoms with Crippen molar-refractivity contribution in [3.05, 3.63) is 58.3 Å². The zero-order valence-corrected chi connectivity index (χ0v) is 18.8. The average Bonchev–Trinajstić information content (AvgIpc) is 2.76. The fourth-order valence-corrected chi connectivity index (χ4v) is 4.41. The Bertz CT molecular complexity index is 1170. The lowest BCUT2D eigenvalue weighted by atomic mass is 9.58. The minimum Gasteiger partial charge on any atom is -0.444 e. The van der Waals surface area contributed by atoms with Gasteiger partial charge >= 0.3 is 12.3 Å². The van der Waals surface area contributed by atoms with E-state index in [2.05, 4.69) is 0 Å². The van der Waals surface area contributed by atoms with Crippen molar-refractivity contribution in [2.24, 2.45) is 17.1 Å². The number of fused-ring (bicyclic) bond motifs is 1. The van der Waals surface area contributed by atoms with Crippen LogP contribution in [0, 0.1) is 45.3 Å². The molecule has 34 heavy (non-hydrogen) atoms. The van der Waals surface area contributed by atoms with Crippen LogP contribution in [0.5, 0.6) is 0 Å². The predicted octanol–water partition coefficient (Wildman–Crippen LogP) is 4.37. The molecule has 2 atom stereocenters. The van der Waals surface area contributed by atoms with Gasteiger partial charge in [0.1, 0.15) is 11.7 Å². The third-order valence-electron chi connectivity index (χ3n) is 5.91. The van der Waals surface area contributed by atoms with Crippen LogP contribution in [0.25, 0.3) is 0 Å². The molecule has 176 valence electrons. The first kappa shape index (κ1) is 24.7. The second-order valence-corrected chi connectivity index (χ2v) is 9.18. The zero-order chi connectivity index (χ0) is 25.5. The quantitative estimate of drug-likeness (QED) is 0.651. The van der Waals surface area contributed by atoms with Gasteiger partial charge in [0.15, 0.2) is 5.41 Å². The summed E-state index contributed by atoms with van der Waals surface area (Å²) < 4.78 is 44.8. The van der Waals surface area contributed by atoms with Crippen molar-refractivity contribution in [2.45, 2.75) is 38.5 Å². The van der Waals surface area contributed by atoms with Gasteiger partial charge in [0, 0.05) is 24.9 Å². The van der Waals surface area contributed by atoms with E-state index in [4.69, 9.17) is 10.5 Å². The third kappa shape index (κ3) is 4.18. The highest BCUT2D eigenvalue weighted by Crippen LogP contribution is 2.54. The molecule has 1 aromatic rings. The lowest BCUT2D eigenvalue weighted by Crippen LogP contribution is -2.50. The Balaban J connectivity index is 2.18. The number of nitrogens with two attached hydrogens (primary N) is 1. The fourth-order valence-electron chi connectivity index (χ4n) is 4.41. The summed E-state index contributed by atoms with van der Waals surface area (Å²) in [5.41, 5.74) is 2.94.